The zero-order chi connectivity index (χ0) is 14.6. The molecule has 7 heteroatoms. The minimum atomic E-state index is -4.74. The van der Waals surface area contributed by atoms with Crippen molar-refractivity contribution in [2.45, 2.75) is 31.7 Å². The lowest BCUT2D eigenvalue weighted by molar-refractivity contribution is -0.140. The van der Waals surface area contributed by atoms with Gasteiger partial charge in [-0.1, -0.05) is 13.0 Å². The van der Waals surface area contributed by atoms with Gasteiger partial charge in [-0.25, -0.2) is 4.39 Å². The van der Waals surface area contributed by atoms with E-state index >= 15 is 0 Å². The standard InChI is InChI=1S/C12H16F4N2O/c1-3-10(19-2)11(18-17)7-4-5-9(13)8(6-7)12(14,15)16/h4-6,10-11,18H,3,17H2,1-2H3. The number of methoxy groups -OCH3 is 1. The fourth-order valence-electron chi connectivity index (χ4n) is 1.91. The molecule has 0 saturated heterocycles. The smallest absolute Gasteiger partial charge is 0.379 e. The summed E-state index contributed by atoms with van der Waals surface area (Å²) < 4.78 is 56.3. The van der Waals surface area contributed by atoms with Crippen molar-refractivity contribution >= 4 is 0 Å². The third-order valence-corrected chi connectivity index (χ3v) is 2.91. The summed E-state index contributed by atoms with van der Waals surface area (Å²) in [7, 11) is 1.44. The maximum Gasteiger partial charge on any atom is 0.419 e. The molecule has 0 aromatic heterocycles. The van der Waals surface area contributed by atoms with Crippen LogP contribution in [0, 0.1) is 5.82 Å². The molecule has 0 heterocycles. The van der Waals surface area contributed by atoms with Gasteiger partial charge in [0, 0.05) is 7.11 Å². The Morgan fingerprint density at radius 3 is 2.42 bits per heavy atom. The van der Waals surface area contributed by atoms with E-state index in [1.807, 2.05) is 6.92 Å². The maximum atomic E-state index is 13.2. The summed E-state index contributed by atoms with van der Waals surface area (Å²) in [6.07, 6.45) is -4.60. The van der Waals surface area contributed by atoms with Crippen LogP contribution in [-0.4, -0.2) is 13.2 Å². The van der Waals surface area contributed by atoms with Crippen molar-refractivity contribution in [3.63, 3.8) is 0 Å². The molecule has 0 bridgehead atoms. The van der Waals surface area contributed by atoms with Crippen LogP contribution in [0.2, 0.25) is 0 Å². The number of hydrogen-bond acceptors (Lipinski definition) is 3. The SMILES string of the molecule is CCC(OC)C(NN)c1ccc(F)c(C(F)(F)F)c1. The number of hydrazine groups is 1. The second-order valence-corrected chi connectivity index (χ2v) is 4.06. The van der Waals surface area contributed by atoms with Gasteiger partial charge in [0.2, 0.25) is 0 Å². The predicted molar refractivity (Wildman–Crippen MR) is 62.6 cm³/mol. The van der Waals surface area contributed by atoms with Crippen molar-refractivity contribution in [2.24, 2.45) is 5.84 Å². The number of nitrogens with two attached hydrogens (primary N) is 1. The van der Waals surface area contributed by atoms with E-state index in [2.05, 4.69) is 5.43 Å². The summed E-state index contributed by atoms with van der Waals surface area (Å²) in [6, 6.07) is 2.15. The highest BCUT2D eigenvalue weighted by molar-refractivity contribution is 5.30. The highest BCUT2D eigenvalue weighted by Crippen LogP contribution is 2.33. The first kappa shape index (κ1) is 15.9. The maximum absolute atomic E-state index is 13.2. The van der Waals surface area contributed by atoms with Gasteiger partial charge in [-0.15, -0.1) is 0 Å². The average molecular weight is 280 g/mol. The Kier molecular flexibility index (Phi) is 5.28. The number of halogens is 4. The molecule has 1 aromatic carbocycles. The summed E-state index contributed by atoms with van der Waals surface area (Å²) in [5.74, 6) is 4.04. The van der Waals surface area contributed by atoms with Crippen molar-refractivity contribution in [3.05, 3.63) is 35.1 Å². The molecule has 0 amide bonds. The molecular weight excluding hydrogens is 264 g/mol. The lowest BCUT2D eigenvalue weighted by Crippen LogP contribution is -2.37. The van der Waals surface area contributed by atoms with E-state index in [0.29, 0.717) is 6.42 Å². The van der Waals surface area contributed by atoms with Gasteiger partial charge >= 0.3 is 6.18 Å². The summed E-state index contributed by atoms with van der Waals surface area (Å²) in [6.45, 7) is 1.81. The Hall–Kier alpha value is -1.18. The summed E-state index contributed by atoms with van der Waals surface area (Å²) in [5.41, 5.74) is 1.32. The highest BCUT2D eigenvalue weighted by Gasteiger charge is 2.35. The van der Waals surface area contributed by atoms with Crippen LogP contribution in [0.15, 0.2) is 18.2 Å². The number of rotatable bonds is 5. The lowest BCUT2D eigenvalue weighted by atomic mass is 9.98. The van der Waals surface area contributed by atoms with E-state index in [0.717, 1.165) is 12.1 Å². The Bertz CT molecular complexity index is 419. The molecule has 2 atom stereocenters. The second-order valence-electron chi connectivity index (χ2n) is 4.06. The molecule has 3 N–H and O–H groups in total. The number of benzene rings is 1. The summed E-state index contributed by atoms with van der Waals surface area (Å²) in [4.78, 5) is 0. The van der Waals surface area contributed by atoms with Gasteiger partial charge in [-0.05, 0) is 24.1 Å². The Balaban J connectivity index is 3.19. The molecule has 0 aliphatic carbocycles. The fraction of sp³-hybridized carbons (Fsp3) is 0.500. The predicted octanol–water partition coefficient (Wildman–Crippen LogP) is 2.77. The van der Waals surface area contributed by atoms with E-state index in [9.17, 15) is 17.6 Å². The zero-order valence-corrected chi connectivity index (χ0v) is 10.6. The van der Waals surface area contributed by atoms with Crippen LogP contribution in [0.5, 0.6) is 0 Å². The molecular formula is C12H16F4N2O. The lowest BCUT2D eigenvalue weighted by Gasteiger charge is -2.25. The van der Waals surface area contributed by atoms with E-state index < -0.39 is 29.7 Å². The Labute approximate surface area is 108 Å². The summed E-state index contributed by atoms with van der Waals surface area (Å²) >= 11 is 0. The monoisotopic (exact) mass is 280 g/mol. The van der Waals surface area contributed by atoms with Crippen LogP contribution >= 0.6 is 0 Å². The van der Waals surface area contributed by atoms with E-state index in [-0.39, 0.29) is 5.56 Å². The third kappa shape index (κ3) is 3.65. The molecule has 0 spiro atoms. The van der Waals surface area contributed by atoms with E-state index in [4.69, 9.17) is 10.6 Å². The molecule has 3 nitrogen and oxygen atoms in total. The van der Waals surface area contributed by atoms with Crippen molar-refractivity contribution in [1.29, 1.82) is 0 Å². The molecule has 108 valence electrons. The van der Waals surface area contributed by atoms with Gasteiger partial charge < -0.3 is 4.74 Å². The normalized spacial score (nSPS) is 15.3. The van der Waals surface area contributed by atoms with Crippen molar-refractivity contribution in [3.8, 4) is 0 Å². The molecule has 0 saturated carbocycles. The quantitative estimate of drug-likeness (QED) is 0.495. The summed E-state index contributed by atoms with van der Waals surface area (Å²) in [5, 5.41) is 0. The zero-order valence-electron chi connectivity index (χ0n) is 10.6. The number of ether oxygens (including phenoxy) is 1. The van der Waals surface area contributed by atoms with Crippen LogP contribution in [0.3, 0.4) is 0 Å². The first-order valence-electron chi connectivity index (χ1n) is 5.70. The Morgan fingerprint density at radius 1 is 1.37 bits per heavy atom. The van der Waals surface area contributed by atoms with Crippen LogP contribution in [0.25, 0.3) is 0 Å². The van der Waals surface area contributed by atoms with Crippen LogP contribution in [0.1, 0.15) is 30.5 Å². The van der Waals surface area contributed by atoms with Gasteiger partial charge in [0.1, 0.15) is 5.82 Å². The average Bonchev–Trinajstić information content (AvgIpc) is 2.35. The molecule has 19 heavy (non-hydrogen) atoms. The first-order valence-corrected chi connectivity index (χ1v) is 5.70. The molecule has 0 fully saturated rings. The first-order chi connectivity index (χ1) is 8.85. The van der Waals surface area contributed by atoms with Crippen LogP contribution in [-0.2, 0) is 10.9 Å². The molecule has 0 radical (unpaired) electrons. The van der Waals surface area contributed by atoms with Crippen molar-refractivity contribution in [1.82, 2.24) is 5.43 Å². The number of hydrogen-bond donors (Lipinski definition) is 2. The van der Waals surface area contributed by atoms with Gasteiger partial charge in [0.25, 0.3) is 0 Å². The second kappa shape index (κ2) is 6.31. The molecule has 2 unspecified atom stereocenters. The minimum Gasteiger partial charge on any atom is -0.379 e. The van der Waals surface area contributed by atoms with E-state index in [1.165, 1.54) is 13.2 Å². The molecule has 0 aliphatic heterocycles. The van der Waals surface area contributed by atoms with Crippen LogP contribution < -0.4 is 11.3 Å². The van der Waals surface area contributed by atoms with Crippen LogP contribution in [0.4, 0.5) is 17.6 Å². The Morgan fingerprint density at radius 2 is 2.00 bits per heavy atom. The van der Waals surface area contributed by atoms with E-state index in [1.54, 1.807) is 0 Å². The van der Waals surface area contributed by atoms with Crippen molar-refractivity contribution < 1.29 is 22.3 Å². The van der Waals surface area contributed by atoms with Crippen molar-refractivity contribution in [2.75, 3.05) is 7.11 Å². The topological polar surface area (TPSA) is 47.3 Å². The third-order valence-electron chi connectivity index (χ3n) is 2.91. The fourth-order valence-corrected chi connectivity index (χ4v) is 1.91. The van der Waals surface area contributed by atoms with Gasteiger partial charge in [0.15, 0.2) is 0 Å². The molecule has 1 aromatic rings. The number of nitrogens with one attached hydrogen (secondary N) is 1. The molecule has 1 rings (SSSR count). The molecule has 0 aliphatic rings. The van der Waals surface area contributed by atoms with Gasteiger partial charge in [-0.3, -0.25) is 11.3 Å². The van der Waals surface area contributed by atoms with Gasteiger partial charge in [-0.2, -0.15) is 13.2 Å². The minimum absolute atomic E-state index is 0.227. The highest BCUT2D eigenvalue weighted by atomic mass is 19.4. The largest absolute Gasteiger partial charge is 0.419 e. The number of alkyl halides is 3. The van der Waals surface area contributed by atoms with Gasteiger partial charge in [0.05, 0.1) is 17.7 Å².